The molecule has 1 N–H and O–H groups in total. The maximum atomic E-state index is 12.5. The zero-order chi connectivity index (χ0) is 23.0. The molecule has 0 radical (unpaired) electrons. The monoisotopic (exact) mass is 441 g/mol. The number of carbonyl (C=O) groups excluding carboxylic acids is 1. The van der Waals surface area contributed by atoms with E-state index in [0.717, 1.165) is 35.5 Å². The number of carbonyl (C=O) groups is 1. The molecule has 2 aromatic carbocycles. The Morgan fingerprint density at radius 2 is 1.94 bits per heavy atom. The van der Waals surface area contributed by atoms with Gasteiger partial charge in [0.15, 0.2) is 0 Å². The number of aromatic hydroxyl groups is 1. The van der Waals surface area contributed by atoms with E-state index in [9.17, 15) is 4.79 Å². The predicted molar refractivity (Wildman–Crippen MR) is 128 cm³/mol. The van der Waals surface area contributed by atoms with E-state index in [1.807, 2.05) is 36.1 Å². The van der Waals surface area contributed by atoms with Crippen LogP contribution in [0.15, 0.2) is 59.9 Å². The van der Waals surface area contributed by atoms with E-state index >= 15 is 0 Å². The summed E-state index contributed by atoms with van der Waals surface area (Å²) in [6.07, 6.45) is 1.80. The molecule has 0 saturated carbocycles. The van der Waals surface area contributed by atoms with E-state index in [2.05, 4.69) is 20.1 Å². The molecule has 31 heavy (non-hydrogen) atoms. The molecule has 166 valence electrons. The second-order valence-electron chi connectivity index (χ2n) is 7.05. The van der Waals surface area contributed by atoms with Crippen LogP contribution in [-0.4, -0.2) is 36.7 Å². The Bertz CT molecular complexity index is 907. The molecule has 5 nitrogen and oxygen atoms in total. The van der Waals surface area contributed by atoms with Crippen molar-refractivity contribution in [3.63, 3.8) is 0 Å². The van der Waals surface area contributed by atoms with Crippen molar-refractivity contribution in [2.45, 2.75) is 32.7 Å². The van der Waals surface area contributed by atoms with Gasteiger partial charge in [-0.3, -0.25) is 4.79 Å². The summed E-state index contributed by atoms with van der Waals surface area (Å²) < 4.78 is 10.8. The third-order valence-corrected chi connectivity index (χ3v) is 5.86. The lowest BCUT2D eigenvalue weighted by Crippen LogP contribution is -2.39. The second kappa shape index (κ2) is 11.5. The number of rotatable bonds is 6. The third kappa shape index (κ3) is 6.07. The summed E-state index contributed by atoms with van der Waals surface area (Å²) in [5, 5.41) is 10.5. The van der Waals surface area contributed by atoms with Gasteiger partial charge in [0, 0.05) is 18.2 Å². The molecular weight excluding hydrogens is 410 g/mol. The number of hydrogen-bond acceptors (Lipinski definition) is 5. The number of aryl methyl sites for hydroxylation is 1. The number of ether oxygens (including phenoxy) is 2. The Balaban J connectivity index is 0.000000316. The standard InChI is InChI=1S/C17H21NO3S.C8H10O/c1-6-22-12(3)17(19)18-8-7-13-9-14(20-4)10-15(21-5)16(13)11(18)2;1-2-7-3-5-8(9)6-4-7/h6,9-11H,1,3,7-8H2,2,4-5H3;3-6,9H,2H2,1H3. The summed E-state index contributed by atoms with van der Waals surface area (Å²) >= 11 is 1.26. The van der Waals surface area contributed by atoms with Gasteiger partial charge in [-0.1, -0.05) is 44.0 Å². The van der Waals surface area contributed by atoms with Crippen LogP contribution in [0.2, 0.25) is 0 Å². The molecule has 0 fully saturated rings. The molecule has 0 aliphatic carbocycles. The quantitative estimate of drug-likeness (QED) is 0.600. The van der Waals surface area contributed by atoms with E-state index in [-0.39, 0.29) is 11.9 Å². The van der Waals surface area contributed by atoms with Crippen LogP contribution >= 0.6 is 11.8 Å². The molecule has 6 heteroatoms. The lowest BCUT2D eigenvalue weighted by atomic mass is 9.92. The minimum absolute atomic E-state index is 0.0547. The first kappa shape index (κ1) is 24.4. The molecule has 1 aliphatic heterocycles. The highest BCUT2D eigenvalue weighted by molar-refractivity contribution is 8.06. The molecule has 1 aliphatic rings. The highest BCUT2D eigenvalue weighted by Gasteiger charge is 2.31. The largest absolute Gasteiger partial charge is 0.508 e. The minimum Gasteiger partial charge on any atom is -0.508 e. The molecule has 0 bridgehead atoms. The van der Waals surface area contributed by atoms with Gasteiger partial charge in [0.25, 0.3) is 5.91 Å². The van der Waals surface area contributed by atoms with Gasteiger partial charge in [0.05, 0.1) is 25.2 Å². The first-order chi connectivity index (χ1) is 14.9. The molecule has 3 rings (SSSR count). The summed E-state index contributed by atoms with van der Waals surface area (Å²) in [7, 11) is 3.27. The van der Waals surface area contributed by atoms with Crippen molar-refractivity contribution in [2.24, 2.45) is 0 Å². The Labute approximate surface area is 189 Å². The van der Waals surface area contributed by atoms with Gasteiger partial charge in [0.2, 0.25) is 0 Å². The number of benzene rings is 2. The maximum Gasteiger partial charge on any atom is 0.260 e. The van der Waals surface area contributed by atoms with Crippen molar-refractivity contribution in [3.8, 4) is 17.2 Å². The summed E-state index contributed by atoms with van der Waals surface area (Å²) in [4.78, 5) is 14.8. The van der Waals surface area contributed by atoms with Crippen LogP contribution in [0.5, 0.6) is 17.2 Å². The Kier molecular flexibility index (Phi) is 9.06. The van der Waals surface area contributed by atoms with Gasteiger partial charge in [-0.15, -0.1) is 0 Å². The van der Waals surface area contributed by atoms with E-state index in [1.54, 1.807) is 31.8 Å². The lowest BCUT2D eigenvalue weighted by molar-refractivity contribution is -0.128. The topological polar surface area (TPSA) is 59.0 Å². The van der Waals surface area contributed by atoms with Crippen molar-refractivity contribution in [3.05, 3.63) is 76.6 Å². The van der Waals surface area contributed by atoms with Crippen LogP contribution in [0.4, 0.5) is 0 Å². The molecule has 1 amide bonds. The van der Waals surface area contributed by atoms with Gasteiger partial charge in [-0.05, 0) is 54.5 Å². The average Bonchev–Trinajstić information content (AvgIpc) is 2.79. The van der Waals surface area contributed by atoms with Crippen molar-refractivity contribution < 1.29 is 19.4 Å². The number of methoxy groups -OCH3 is 2. The number of phenols is 1. The third-order valence-electron chi connectivity index (χ3n) is 5.23. The van der Waals surface area contributed by atoms with Crippen LogP contribution in [0.3, 0.4) is 0 Å². The van der Waals surface area contributed by atoms with Crippen LogP contribution in [0.1, 0.15) is 36.6 Å². The predicted octanol–water partition coefficient (Wildman–Crippen LogP) is 5.49. The molecule has 0 saturated heterocycles. The fourth-order valence-electron chi connectivity index (χ4n) is 3.53. The van der Waals surface area contributed by atoms with Gasteiger partial charge >= 0.3 is 0 Å². The Morgan fingerprint density at radius 3 is 2.48 bits per heavy atom. The van der Waals surface area contributed by atoms with Crippen LogP contribution in [-0.2, 0) is 17.6 Å². The SMILES string of the molecule is C=CSC(=C)C(=O)N1CCc2cc(OC)cc(OC)c2C1C.CCc1ccc(O)cc1. The van der Waals surface area contributed by atoms with Gasteiger partial charge in [-0.2, -0.15) is 0 Å². The minimum atomic E-state index is -0.0701. The van der Waals surface area contributed by atoms with Gasteiger partial charge in [-0.25, -0.2) is 0 Å². The normalized spacial score (nSPS) is 14.6. The first-order valence-corrected chi connectivity index (χ1v) is 11.0. The number of amides is 1. The molecule has 1 unspecified atom stereocenters. The maximum absolute atomic E-state index is 12.5. The highest BCUT2D eigenvalue weighted by atomic mass is 32.2. The molecule has 1 heterocycles. The smallest absolute Gasteiger partial charge is 0.260 e. The molecule has 2 aromatic rings. The van der Waals surface area contributed by atoms with E-state index < -0.39 is 0 Å². The molecule has 0 spiro atoms. The summed E-state index contributed by atoms with van der Waals surface area (Å²) in [6, 6.07) is 11.1. The Hall–Kier alpha value is -2.86. The van der Waals surface area contributed by atoms with E-state index in [1.165, 1.54) is 17.3 Å². The molecule has 0 aromatic heterocycles. The number of thioether (sulfide) groups is 1. The Morgan fingerprint density at radius 1 is 1.26 bits per heavy atom. The van der Waals surface area contributed by atoms with Crippen molar-refractivity contribution in [1.29, 1.82) is 0 Å². The summed E-state index contributed by atoms with van der Waals surface area (Å²) in [5.74, 6) is 1.81. The number of hydrogen-bond donors (Lipinski definition) is 1. The summed E-state index contributed by atoms with van der Waals surface area (Å²) in [5.41, 5.74) is 3.46. The van der Waals surface area contributed by atoms with Gasteiger partial charge in [0.1, 0.15) is 17.2 Å². The number of phenolic OH excluding ortho intramolecular Hbond substituents is 1. The zero-order valence-corrected chi connectivity index (χ0v) is 19.5. The van der Waals surface area contributed by atoms with Crippen molar-refractivity contribution >= 4 is 17.7 Å². The van der Waals surface area contributed by atoms with Gasteiger partial charge < -0.3 is 19.5 Å². The number of fused-ring (bicyclic) bond motifs is 1. The van der Waals surface area contributed by atoms with Crippen LogP contribution in [0.25, 0.3) is 0 Å². The summed E-state index contributed by atoms with van der Waals surface area (Å²) in [6.45, 7) is 12.2. The van der Waals surface area contributed by atoms with Crippen molar-refractivity contribution in [1.82, 2.24) is 4.90 Å². The van der Waals surface area contributed by atoms with E-state index in [4.69, 9.17) is 14.6 Å². The van der Waals surface area contributed by atoms with Crippen molar-refractivity contribution in [2.75, 3.05) is 20.8 Å². The molecule has 1 atom stereocenters. The van der Waals surface area contributed by atoms with Crippen LogP contribution in [0, 0.1) is 0 Å². The zero-order valence-electron chi connectivity index (χ0n) is 18.7. The molecular formula is C25H31NO4S. The lowest BCUT2D eigenvalue weighted by Gasteiger charge is -2.36. The van der Waals surface area contributed by atoms with Crippen LogP contribution < -0.4 is 9.47 Å². The fourth-order valence-corrected chi connectivity index (χ4v) is 3.95. The first-order valence-electron chi connectivity index (χ1n) is 10.2. The number of nitrogens with zero attached hydrogens (tertiary/aromatic N) is 1. The highest BCUT2D eigenvalue weighted by Crippen LogP contribution is 2.40. The van der Waals surface area contributed by atoms with E-state index in [0.29, 0.717) is 17.2 Å². The fraction of sp³-hybridized carbons (Fsp3) is 0.320. The second-order valence-corrected chi connectivity index (χ2v) is 8.12. The average molecular weight is 442 g/mol.